The Morgan fingerprint density at radius 1 is 1.09 bits per heavy atom. The van der Waals surface area contributed by atoms with Crippen LogP contribution in [-0.4, -0.2) is 12.6 Å². The molecule has 1 fully saturated rings. The second-order valence-corrected chi connectivity index (χ2v) is 6.77. The van der Waals surface area contributed by atoms with Gasteiger partial charge >= 0.3 is 0 Å². The van der Waals surface area contributed by atoms with Crippen LogP contribution in [0.5, 0.6) is 11.5 Å². The van der Waals surface area contributed by atoms with E-state index in [0.29, 0.717) is 24.4 Å². The summed E-state index contributed by atoms with van der Waals surface area (Å²) in [7, 11) is 0. The van der Waals surface area contributed by atoms with Crippen molar-refractivity contribution in [1.29, 1.82) is 0 Å². The van der Waals surface area contributed by atoms with Crippen molar-refractivity contribution in [3.8, 4) is 11.5 Å². The number of carbonyl (C=O) groups excluding carboxylic acids is 1. The monoisotopic (exact) mass is 298 g/mol. The van der Waals surface area contributed by atoms with Crippen LogP contribution < -0.4 is 9.47 Å². The van der Waals surface area contributed by atoms with Gasteiger partial charge in [-0.1, -0.05) is 31.1 Å². The SMILES string of the molecule is CC(=O)[C@@H]1[C@H]2CCCC[C@@H]2C=C[C@@H]1c1ccc2c(c1)OCO2. The number of Topliss-reactive ketones (excluding diaryl/α,β-unsaturated/α-hetero) is 1. The van der Waals surface area contributed by atoms with E-state index in [1.54, 1.807) is 6.92 Å². The van der Waals surface area contributed by atoms with E-state index < -0.39 is 0 Å². The van der Waals surface area contributed by atoms with E-state index in [4.69, 9.17) is 9.47 Å². The van der Waals surface area contributed by atoms with Gasteiger partial charge in [0.15, 0.2) is 11.5 Å². The molecule has 3 heteroatoms. The van der Waals surface area contributed by atoms with Crippen molar-refractivity contribution in [2.45, 2.75) is 38.5 Å². The van der Waals surface area contributed by atoms with Crippen molar-refractivity contribution in [3.63, 3.8) is 0 Å². The lowest BCUT2D eigenvalue weighted by atomic mass is 9.62. The molecule has 1 saturated carbocycles. The molecule has 2 aliphatic carbocycles. The molecular weight excluding hydrogens is 276 g/mol. The number of ether oxygens (including phenoxy) is 2. The van der Waals surface area contributed by atoms with E-state index in [1.165, 1.54) is 31.2 Å². The third-order valence-electron chi connectivity index (χ3n) is 5.54. The molecule has 0 amide bonds. The summed E-state index contributed by atoms with van der Waals surface area (Å²) in [6.07, 6.45) is 9.59. The van der Waals surface area contributed by atoms with E-state index in [0.717, 1.165) is 11.5 Å². The maximum Gasteiger partial charge on any atom is 0.231 e. The molecule has 22 heavy (non-hydrogen) atoms. The van der Waals surface area contributed by atoms with Crippen molar-refractivity contribution < 1.29 is 14.3 Å². The quantitative estimate of drug-likeness (QED) is 0.772. The molecule has 1 aliphatic heterocycles. The molecule has 4 atom stereocenters. The minimum Gasteiger partial charge on any atom is -0.454 e. The third-order valence-corrected chi connectivity index (χ3v) is 5.54. The summed E-state index contributed by atoms with van der Waals surface area (Å²) < 4.78 is 10.9. The zero-order valence-electron chi connectivity index (χ0n) is 13.0. The van der Waals surface area contributed by atoms with Crippen LogP contribution in [0.25, 0.3) is 0 Å². The summed E-state index contributed by atoms with van der Waals surface area (Å²) in [5.41, 5.74) is 1.17. The van der Waals surface area contributed by atoms with Gasteiger partial charge in [-0.3, -0.25) is 4.79 Å². The summed E-state index contributed by atoms with van der Waals surface area (Å²) in [6.45, 7) is 2.05. The van der Waals surface area contributed by atoms with Crippen LogP contribution in [-0.2, 0) is 4.79 Å². The minimum atomic E-state index is 0.107. The van der Waals surface area contributed by atoms with Gasteiger partial charge in [-0.25, -0.2) is 0 Å². The molecule has 0 saturated heterocycles. The summed E-state index contributed by atoms with van der Waals surface area (Å²) >= 11 is 0. The average Bonchev–Trinajstić information content (AvgIpc) is 3.01. The van der Waals surface area contributed by atoms with Gasteiger partial charge < -0.3 is 9.47 Å². The van der Waals surface area contributed by atoms with E-state index >= 15 is 0 Å². The fourth-order valence-corrected chi connectivity index (χ4v) is 4.51. The topological polar surface area (TPSA) is 35.5 Å². The highest BCUT2D eigenvalue weighted by atomic mass is 16.7. The van der Waals surface area contributed by atoms with E-state index in [2.05, 4.69) is 24.3 Å². The largest absolute Gasteiger partial charge is 0.454 e. The Balaban J connectivity index is 1.71. The second kappa shape index (κ2) is 5.45. The Morgan fingerprint density at radius 2 is 1.91 bits per heavy atom. The molecule has 0 unspecified atom stereocenters. The zero-order valence-corrected chi connectivity index (χ0v) is 13.0. The Bertz CT molecular complexity index is 619. The van der Waals surface area contributed by atoms with Crippen LogP contribution in [0, 0.1) is 17.8 Å². The van der Waals surface area contributed by atoms with E-state index in [9.17, 15) is 4.79 Å². The van der Waals surface area contributed by atoms with Crippen molar-refractivity contribution in [2.75, 3.05) is 6.79 Å². The Hall–Kier alpha value is -1.77. The van der Waals surface area contributed by atoms with Gasteiger partial charge in [-0.2, -0.15) is 0 Å². The van der Waals surface area contributed by atoms with Gasteiger partial charge in [0.2, 0.25) is 6.79 Å². The highest BCUT2D eigenvalue weighted by Crippen LogP contribution is 2.48. The first-order chi connectivity index (χ1) is 10.7. The van der Waals surface area contributed by atoms with Gasteiger partial charge in [0.25, 0.3) is 0 Å². The predicted octanol–water partition coefficient (Wildman–Crippen LogP) is 4.08. The Morgan fingerprint density at radius 3 is 2.77 bits per heavy atom. The second-order valence-electron chi connectivity index (χ2n) is 6.77. The predicted molar refractivity (Wildman–Crippen MR) is 84.1 cm³/mol. The summed E-state index contributed by atoms with van der Waals surface area (Å²) in [5.74, 6) is 3.31. The summed E-state index contributed by atoms with van der Waals surface area (Å²) in [4.78, 5) is 12.4. The van der Waals surface area contributed by atoms with Gasteiger partial charge in [-0.05, 0) is 49.3 Å². The minimum absolute atomic E-state index is 0.107. The lowest BCUT2D eigenvalue weighted by Crippen LogP contribution is -2.36. The van der Waals surface area contributed by atoms with Crippen LogP contribution in [0.15, 0.2) is 30.4 Å². The molecule has 0 radical (unpaired) electrons. The maximum absolute atomic E-state index is 12.4. The molecule has 0 bridgehead atoms. The number of fused-ring (bicyclic) bond motifs is 2. The zero-order chi connectivity index (χ0) is 15.1. The molecule has 116 valence electrons. The average molecular weight is 298 g/mol. The first-order valence-corrected chi connectivity index (χ1v) is 8.32. The molecule has 0 N–H and O–H groups in total. The van der Waals surface area contributed by atoms with Crippen LogP contribution in [0.3, 0.4) is 0 Å². The molecule has 3 nitrogen and oxygen atoms in total. The van der Waals surface area contributed by atoms with Crippen LogP contribution >= 0.6 is 0 Å². The van der Waals surface area contributed by atoms with E-state index in [1.807, 2.05) is 6.07 Å². The number of hydrogen-bond donors (Lipinski definition) is 0. The van der Waals surface area contributed by atoms with E-state index in [-0.39, 0.29) is 11.8 Å². The number of allylic oxidation sites excluding steroid dienone is 2. The van der Waals surface area contributed by atoms with Gasteiger partial charge in [0.05, 0.1) is 0 Å². The molecule has 3 aliphatic rings. The number of carbonyl (C=O) groups is 1. The Labute approximate surface area is 131 Å². The molecule has 1 aromatic carbocycles. The number of benzene rings is 1. The highest BCUT2D eigenvalue weighted by molar-refractivity contribution is 5.80. The van der Waals surface area contributed by atoms with Crippen molar-refractivity contribution >= 4 is 5.78 Å². The van der Waals surface area contributed by atoms with Crippen molar-refractivity contribution in [2.24, 2.45) is 17.8 Å². The number of rotatable bonds is 2. The smallest absolute Gasteiger partial charge is 0.231 e. The molecule has 0 aromatic heterocycles. The van der Waals surface area contributed by atoms with Crippen LogP contribution in [0.1, 0.15) is 44.1 Å². The fourth-order valence-electron chi connectivity index (χ4n) is 4.51. The molecule has 1 aromatic rings. The molecule has 1 heterocycles. The summed E-state index contributed by atoms with van der Waals surface area (Å²) in [6, 6.07) is 6.10. The first-order valence-electron chi connectivity index (χ1n) is 8.32. The van der Waals surface area contributed by atoms with Crippen molar-refractivity contribution in [3.05, 3.63) is 35.9 Å². The summed E-state index contributed by atoms with van der Waals surface area (Å²) in [5, 5.41) is 0. The van der Waals surface area contributed by atoms with Crippen LogP contribution in [0.2, 0.25) is 0 Å². The van der Waals surface area contributed by atoms with Crippen molar-refractivity contribution in [1.82, 2.24) is 0 Å². The first kappa shape index (κ1) is 13.9. The lowest BCUT2D eigenvalue weighted by Gasteiger charge is -2.41. The van der Waals surface area contributed by atoms with Gasteiger partial charge in [0.1, 0.15) is 5.78 Å². The normalized spacial score (nSPS) is 32.6. The van der Waals surface area contributed by atoms with Crippen LogP contribution in [0.4, 0.5) is 0 Å². The number of ketones is 1. The molecular formula is C19H22O3. The highest BCUT2D eigenvalue weighted by Gasteiger charge is 2.40. The lowest BCUT2D eigenvalue weighted by molar-refractivity contribution is -0.124. The fraction of sp³-hybridized carbons (Fsp3) is 0.526. The standard InChI is InChI=1S/C19H22O3/c1-12(20)19-15-5-3-2-4-13(15)6-8-16(19)14-7-9-17-18(10-14)22-11-21-17/h6-10,13,15-16,19H,2-5,11H2,1H3/t13-,15+,16-,19-/m1/s1. The number of hydrogen-bond acceptors (Lipinski definition) is 3. The molecule has 0 spiro atoms. The Kier molecular flexibility index (Phi) is 3.44. The maximum atomic E-state index is 12.4. The third kappa shape index (κ3) is 2.23. The molecule has 4 rings (SSSR count). The van der Waals surface area contributed by atoms with Gasteiger partial charge in [0, 0.05) is 11.8 Å². The van der Waals surface area contributed by atoms with Gasteiger partial charge in [-0.15, -0.1) is 0 Å².